The molecule has 12 heteroatoms. The van der Waals surface area contributed by atoms with Crippen LogP contribution >= 0.6 is 11.3 Å². The molecule has 2 aliphatic rings. The molecule has 0 N–H and O–H groups in total. The average Bonchev–Trinajstić information content (AvgIpc) is 3.39. The summed E-state index contributed by atoms with van der Waals surface area (Å²) in [5.41, 5.74) is 0.329. The van der Waals surface area contributed by atoms with Gasteiger partial charge in [0.25, 0.3) is 0 Å². The molecule has 2 aliphatic heterocycles. The van der Waals surface area contributed by atoms with Gasteiger partial charge < -0.3 is 14.9 Å². The van der Waals surface area contributed by atoms with Crippen molar-refractivity contribution < 1.29 is 22.8 Å². The van der Waals surface area contributed by atoms with Gasteiger partial charge in [-0.3, -0.25) is 9.47 Å². The Morgan fingerprint density at radius 1 is 1.26 bits per heavy atom. The first-order chi connectivity index (χ1) is 14.6. The molecule has 8 nitrogen and oxygen atoms in total. The highest BCUT2D eigenvalue weighted by atomic mass is 32.1. The van der Waals surface area contributed by atoms with Gasteiger partial charge in [0.05, 0.1) is 17.8 Å². The van der Waals surface area contributed by atoms with Crippen molar-refractivity contribution in [3.8, 4) is 16.6 Å². The van der Waals surface area contributed by atoms with E-state index < -0.39 is 22.3 Å². The fourth-order valence-corrected chi connectivity index (χ4v) is 5.09. The average molecular weight is 451 g/mol. The number of benzene rings is 1. The Morgan fingerprint density at radius 3 is 2.61 bits per heavy atom. The van der Waals surface area contributed by atoms with Crippen molar-refractivity contribution in [2.45, 2.75) is 38.3 Å². The number of aromatic nitrogens is 3. The number of alkyl halides is 3. The van der Waals surface area contributed by atoms with Crippen LogP contribution in [0.2, 0.25) is 0 Å². The summed E-state index contributed by atoms with van der Waals surface area (Å²) in [5.74, 6) is -0.236. The van der Waals surface area contributed by atoms with Crippen LogP contribution in [0.15, 0.2) is 30.5 Å². The number of fused-ring (bicyclic) bond motifs is 2. The summed E-state index contributed by atoms with van der Waals surface area (Å²) in [6.45, 7) is 4.24. The van der Waals surface area contributed by atoms with Crippen molar-refractivity contribution in [3.63, 3.8) is 0 Å². The number of hydrogen-bond acceptors (Lipinski definition) is 7. The molecule has 162 valence electrons. The molecular formula is C19H16F3N5O3S. The molecular weight excluding hydrogens is 435 g/mol. The van der Waals surface area contributed by atoms with Crippen molar-refractivity contribution in [2.75, 3.05) is 6.54 Å². The summed E-state index contributed by atoms with van der Waals surface area (Å²) in [4.78, 5) is 22.1. The van der Waals surface area contributed by atoms with E-state index in [1.807, 2.05) is 6.92 Å². The van der Waals surface area contributed by atoms with Crippen molar-refractivity contribution in [2.24, 2.45) is 0 Å². The molecule has 5 rings (SSSR count). The van der Waals surface area contributed by atoms with Crippen LogP contribution < -0.4 is 4.74 Å². The standard InChI is InChI=1S/C19H16F3N5O3S/c1-18(10-26-8-15(27(28)29)24-17(26)30-18)9-25-6-13-14(7-25)31-16(23-13)11-2-4-12(5-3-11)19(20,21)22/h2-5,8H,6-7,9-10H2,1H3. The zero-order chi connectivity index (χ0) is 22.0. The number of nitro groups is 1. The summed E-state index contributed by atoms with van der Waals surface area (Å²) < 4.78 is 45.8. The van der Waals surface area contributed by atoms with E-state index in [9.17, 15) is 23.3 Å². The summed E-state index contributed by atoms with van der Waals surface area (Å²) in [7, 11) is 0. The summed E-state index contributed by atoms with van der Waals surface area (Å²) in [5, 5.41) is 11.5. The minimum absolute atomic E-state index is 0.236. The molecule has 31 heavy (non-hydrogen) atoms. The van der Waals surface area contributed by atoms with Crippen LogP contribution in [-0.2, 0) is 25.8 Å². The van der Waals surface area contributed by atoms with Crippen molar-refractivity contribution >= 4 is 17.2 Å². The van der Waals surface area contributed by atoms with E-state index in [0.29, 0.717) is 36.8 Å². The fraction of sp³-hybridized carbons (Fsp3) is 0.368. The maximum Gasteiger partial charge on any atom is 0.416 e. The lowest BCUT2D eigenvalue weighted by atomic mass is 10.1. The highest BCUT2D eigenvalue weighted by molar-refractivity contribution is 7.15. The van der Waals surface area contributed by atoms with E-state index in [2.05, 4.69) is 14.9 Å². The van der Waals surface area contributed by atoms with Crippen LogP contribution in [0, 0.1) is 10.1 Å². The normalized spacial score (nSPS) is 20.5. The Kier molecular flexibility index (Phi) is 4.35. The fourth-order valence-electron chi connectivity index (χ4n) is 3.97. The first-order valence-corrected chi connectivity index (χ1v) is 10.2. The molecule has 1 atom stereocenters. The maximum absolute atomic E-state index is 12.8. The third kappa shape index (κ3) is 3.65. The predicted octanol–water partition coefficient (Wildman–Crippen LogP) is 4.10. The third-order valence-corrected chi connectivity index (χ3v) is 6.42. The van der Waals surface area contributed by atoms with Gasteiger partial charge in [-0.25, -0.2) is 4.98 Å². The first kappa shape index (κ1) is 19.9. The highest BCUT2D eigenvalue weighted by Gasteiger charge is 2.42. The van der Waals surface area contributed by atoms with Gasteiger partial charge in [0.2, 0.25) is 0 Å². The van der Waals surface area contributed by atoms with Gasteiger partial charge in [-0.1, -0.05) is 12.1 Å². The van der Waals surface area contributed by atoms with Gasteiger partial charge in [0.1, 0.15) is 16.8 Å². The van der Waals surface area contributed by atoms with Crippen LogP contribution in [-0.4, -0.2) is 36.5 Å². The highest BCUT2D eigenvalue weighted by Crippen LogP contribution is 2.38. The van der Waals surface area contributed by atoms with E-state index in [0.717, 1.165) is 22.7 Å². The number of ether oxygens (including phenoxy) is 1. The number of halogens is 3. The molecule has 0 spiro atoms. The van der Waals surface area contributed by atoms with Crippen LogP contribution in [0.25, 0.3) is 10.6 Å². The monoisotopic (exact) mass is 451 g/mol. The van der Waals surface area contributed by atoms with Crippen molar-refractivity contribution in [3.05, 3.63) is 56.7 Å². The topological polar surface area (TPSA) is 86.3 Å². The molecule has 1 unspecified atom stereocenters. The van der Waals surface area contributed by atoms with E-state index in [4.69, 9.17) is 4.74 Å². The maximum atomic E-state index is 12.8. The second kappa shape index (κ2) is 6.76. The van der Waals surface area contributed by atoms with Gasteiger partial charge in [0, 0.05) is 35.1 Å². The number of thiazole rings is 1. The van der Waals surface area contributed by atoms with E-state index in [1.54, 1.807) is 4.57 Å². The van der Waals surface area contributed by atoms with Crippen LogP contribution in [0.5, 0.6) is 6.01 Å². The van der Waals surface area contributed by atoms with Gasteiger partial charge in [-0.05, 0) is 24.0 Å². The molecule has 0 saturated carbocycles. The Morgan fingerprint density at radius 2 is 2.00 bits per heavy atom. The van der Waals surface area contributed by atoms with E-state index in [-0.39, 0.29) is 11.8 Å². The number of nitrogens with zero attached hydrogens (tertiary/aromatic N) is 5. The summed E-state index contributed by atoms with van der Waals surface area (Å²) in [6, 6.07) is 5.27. The molecule has 1 aromatic carbocycles. The molecule has 2 aromatic heterocycles. The smallest absolute Gasteiger partial charge is 0.416 e. The zero-order valence-corrected chi connectivity index (χ0v) is 17.0. The Balaban J connectivity index is 1.24. The predicted molar refractivity (Wildman–Crippen MR) is 105 cm³/mol. The van der Waals surface area contributed by atoms with Gasteiger partial charge in [0.15, 0.2) is 0 Å². The third-order valence-electron chi connectivity index (χ3n) is 5.29. The van der Waals surface area contributed by atoms with Crippen LogP contribution in [0.4, 0.5) is 19.0 Å². The Labute approximate surface area is 178 Å². The SMILES string of the molecule is CC1(CN2Cc3nc(-c4ccc(C(F)(F)F)cc4)sc3C2)Cn2cc([N+](=O)[O-])nc2O1. The lowest BCUT2D eigenvalue weighted by molar-refractivity contribution is -0.389. The summed E-state index contributed by atoms with van der Waals surface area (Å²) >= 11 is 1.48. The minimum Gasteiger partial charge on any atom is -0.436 e. The van der Waals surface area contributed by atoms with E-state index >= 15 is 0 Å². The largest absolute Gasteiger partial charge is 0.436 e. The molecule has 0 fully saturated rings. The molecule has 0 bridgehead atoms. The van der Waals surface area contributed by atoms with Gasteiger partial charge >= 0.3 is 18.0 Å². The quantitative estimate of drug-likeness (QED) is 0.439. The summed E-state index contributed by atoms with van der Waals surface area (Å²) in [6.07, 6.45) is -2.98. The van der Waals surface area contributed by atoms with Crippen LogP contribution in [0.1, 0.15) is 23.1 Å². The molecule has 0 radical (unpaired) electrons. The minimum atomic E-state index is -4.36. The van der Waals surface area contributed by atoms with E-state index in [1.165, 1.54) is 29.7 Å². The zero-order valence-electron chi connectivity index (χ0n) is 16.2. The van der Waals surface area contributed by atoms with Gasteiger partial charge in [-0.15, -0.1) is 11.3 Å². The molecule has 0 saturated heterocycles. The second-order valence-electron chi connectivity index (χ2n) is 7.93. The second-order valence-corrected chi connectivity index (χ2v) is 9.01. The first-order valence-electron chi connectivity index (χ1n) is 9.39. The number of hydrogen-bond donors (Lipinski definition) is 0. The molecule has 0 aliphatic carbocycles. The lowest BCUT2D eigenvalue weighted by Gasteiger charge is -2.27. The van der Waals surface area contributed by atoms with Crippen LogP contribution in [0.3, 0.4) is 0 Å². The Bertz CT molecular complexity index is 1120. The van der Waals surface area contributed by atoms with Gasteiger partial charge in [-0.2, -0.15) is 13.2 Å². The number of rotatable bonds is 4. The van der Waals surface area contributed by atoms with Crippen molar-refractivity contribution in [1.29, 1.82) is 0 Å². The molecule has 3 aromatic rings. The lowest BCUT2D eigenvalue weighted by Crippen LogP contribution is -2.43. The van der Waals surface area contributed by atoms with Crippen molar-refractivity contribution in [1.82, 2.24) is 19.4 Å². The molecule has 0 amide bonds. The Hall–Kier alpha value is -2.99. The molecule has 4 heterocycles. The number of imidazole rings is 1.